The van der Waals surface area contributed by atoms with E-state index < -0.39 is 17.7 Å². The van der Waals surface area contributed by atoms with Gasteiger partial charge in [0.25, 0.3) is 0 Å². The number of nitrogens with one attached hydrogen (secondary N) is 3. The Morgan fingerprint density at radius 1 is 0.565 bits per heavy atom. The number of carbonyl (C=O) groups excluding carboxylic acids is 4. The van der Waals surface area contributed by atoms with Crippen molar-refractivity contribution in [2.75, 3.05) is 23.1 Å². The van der Waals surface area contributed by atoms with Gasteiger partial charge in [-0.2, -0.15) is 0 Å². The summed E-state index contributed by atoms with van der Waals surface area (Å²) in [5.41, 5.74) is 2.28. The lowest BCUT2D eigenvalue weighted by Crippen LogP contribution is -2.32. The fourth-order valence-electron chi connectivity index (χ4n) is 5.49. The van der Waals surface area contributed by atoms with Crippen molar-refractivity contribution in [3.63, 3.8) is 0 Å². The van der Waals surface area contributed by atoms with Gasteiger partial charge in [-0.3, -0.25) is 19.2 Å². The number of hydrogen-bond donors (Lipinski definition) is 3. The molecule has 0 spiro atoms. The van der Waals surface area contributed by atoms with Gasteiger partial charge in [0.05, 0.1) is 7.11 Å². The lowest BCUT2D eigenvalue weighted by atomic mass is 9.96. The van der Waals surface area contributed by atoms with Crippen molar-refractivity contribution in [2.24, 2.45) is 0 Å². The van der Waals surface area contributed by atoms with Gasteiger partial charge in [0.15, 0.2) is 0 Å². The van der Waals surface area contributed by atoms with Crippen molar-refractivity contribution in [1.82, 2.24) is 0 Å². The van der Waals surface area contributed by atoms with E-state index in [-0.39, 0.29) is 11.9 Å². The number of benzene rings is 5. The summed E-state index contributed by atoms with van der Waals surface area (Å²) >= 11 is 0. The molecule has 0 bridgehead atoms. The lowest BCUT2D eigenvalue weighted by Gasteiger charge is -2.19. The molecule has 3 amide bonds. The van der Waals surface area contributed by atoms with E-state index in [1.165, 1.54) is 7.11 Å². The van der Waals surface area contributed by atoms with Gasteiger partial charge in [0.2, 0.25) is 17.7 Å². The molecule has 5 aromatic rings. The predicted molar refractivity (Wildman–Crippen MR) is 183 cm³/mol. The number of anilines is 3. The molecule has 234 valence electrons. The third-order valence-corrected chi connectivity index (χ3v) is 7.91. The number of carbonyl (C=O) groups is 4. The zero-order valence-electron chi connectivity index (χ0n) is 25.8. The Labute approximate surface area is 268 Å². The number of rotatable bonds is 13. The molecule has 0 saturated heterocycles. The maximum atomic E-state index is 13.9. The predicted octanol–water partition coefficient (Wildman–Crippen LogP) is 7.81. The summed E-state index contributed by atoms with van der Waals surface area (Å²) < 4.78 is 4.65. The quantitative estimate of drug-likeness (QED) is 0.0710. The second kappa shape index (κ2) is 15.5. The number of esters is 1. The second-order valence-electron chi connectivity index (χ2n) is 11.1. The minimum absolute atomic E-state index is 0.125. The fourth-order valence-corrected chi connectivity index (χ4v) is 5.49. The van der Waals surface area contributed by atoms with E-state index in [0.29, 0.717) is 41.9 Å². The van der Waals surface area contributed by atoms with Crippen molar-refractivity contribution in [1.29, 1.82) is 0 Å². The zero-order chi connectivity index (χ0) is 32.3. The monoisotopic (exact) mass is 615 g/mol. The number of amides is 3. The minimum atomic E-state index is -1.17. The third kappa shape index (κ3) is 8.15. The van der Waals surface area contributed by atoms with Crippen LogP contribution in [0.15, 0.2) is 109 Å². The van der Waals surface area contributed by atoms with Crippen LogP contribution in [0.1, 0.15) is 50.0 Å². The molecule has 3 N–H and O–H groups in total. The summed E-state index contributed by atoms with van der Waals surface area (Å²) in [4.78, 5) is 51.6. The van der Waals surface area contributed by atoms with Crippen LogP contribution < -0.4 is 16.0 Å². The van der Waals surface area contributed by atoms with Crippen LogP contribution in [0.3, 0.4) is 0 Å². The van der Waals surface area contributed by atoms with Gasteiger partial charge in [-0.15, -0.1) is 0 Å². The van der Waals surface area contributed by atoms with Gasteiger partial charge >= 0.3 is 5.97 Å². The fraction of sp³-hybridized carbons (Fsp3) is 0.211. The van der Waals surface area contributed by atoms with E-state index in [4.69, 9.17) is 0 Å². The average Bonchev–Trinajstić information content (AvgIpc) is 3.07. The molecule has 0 heterocycles. The SMILES string of the molecule is COC(=O)CCCCCCC(=O)Nc1ccc(C(C(=O)Nc2cccc3ccccc23)C(=O)Nc2cccc3ccccc23)cc1. The highest BCUT2D eigenvalue weighted by molar-refractivity contribution is 6.18. The average molecular weight is 616 g/mol. The van der Waals surface area contributed by atoms with Crippen LogP contribution in [0.2, 0.25) is 0 Å². The van der Waals surface area contributed by atoms with Gasteiger partial charge < -0.3 is 20.7 Å². The summed E-state index contributed by atoms with van der Waals surface area (Å²) in [7, 11) is 1.38. The third-order valence-electron chi connectivity index (χ3n) is 7.91. The molecule has 0 aliphatic heterocycles. The first-order valence-corrected chi connectivity index (χ1v) is 15.5. The van der Waals surface area contributed by atoms with Crippen LogP contribution in [-0.2, 0) is 23.9 Å². The van der Waals surface area contributed by atoms with Crippen LogP contribution in [0, 0.1) is 0 Å². The minimum Gasteiger partial charge on any atom is -0.469 e. The first-order chi connectivity index (χ1) is 22.4. The number of hydrogen-bond acceptors (Lipinski definition) is 5. The highest BCUT2D eigenvalue weighted by Crippen LogP contribution is 2.29. The summed E-state index contributed by atoms with van der Waals surface area (Å²) in [6.07, 6.45) is 3.86. The summed E-state index contributed by atoms with van der Waals surface area (Å²) in [5.74, 6) is -2.47. The van der Waals surface area contributed by atoms with E-state index in [0.717, 1.165) is 40.8 Å². The van der Waals surface area contributed by atoms with Crippen molar-refractivity contribution < 1.29 is 23.9 Å². The standard InChI is InChI=1S/C38H37N3O5/c1-46-35(43)21-5-3-2-4-20-34(42)39-29-24-22-28(23-25-29)36(37(44)40-32-18-10-14-26-12-6-8-16-30(26)32)38(45)41-33-19-11-15-27-13-7-9-17-31(27)33/h6-19,22-25,36H,2-5,20-21H2,1H3,(H,39,42)(H,40,44)(H,41,45). The Morgan fingerprint density at radius 3 is 1.61 bits per heavy atom. The number of methoxy groups -OCH3 is 1. The molecule has 0 fully saturated rings. The van der Waals surface area contributed by atoms with Crippen LogP contribution in [0.25, 0.3) is 21.5 Å². The maximum absolute atomic E-state index is 13.9. The molecule has 0 aliphatic rings. The molecular weight excluding hydrogens is 578 g/mol. The van der Waals surface area contributed by atoms with Crippen LogP contribution in [0.4, 0.5) is 17.1 Å². The van der Waals surface area contributed by atoms with Crippen molar-refractivity contribution in [3.8, 4) is 0 Å². The molecule has 0 radical (unpaired) electrons. The Morgan fingerprint density at radius 2 is 1.07 bits per heavy atom. The number of unbranched alkanes of at least 4 members (excludes halogenated alkanes) is 3. The van der Waals surface area contributed by atoms with E-state index in [1.54, 1.807) is 24.3 Å². The molecule has 5 aromatic carbocycles. The van der Waals surface area contributed by atoms with E-state index in [1.807, 2.05) is 84.9 Å². The van der Waals surface area contributed by atoms with Crippen LogP contribution in [0.5, 0.6) is 0 Å². The second-order valence-corrected chi connectivity index (χ2v) is 11.1. The molecule has 0 saturated carbocycles. The van der Waals surface area contributed by atoms with Crippen LogP contribution in [-0.4, -0.2) is 30.8 Å². The first-order valence-electron chi connectivity index (χ1n) is 15.5. The van der Waals surface area contributed by atoms with Gasteiger partial charge in [-0.25, -0.2) is 0 Å². The molecule has 0 aliphatic carbocycles. The maximum Gasteiger partial charge on any atom is 0.305 e. The Balaban J connectivity index is 1.31. The summed E-state index contributed by atoms with van der Waals surface area (Å²) in [6, 6.07) is 33.5. The van der Waals surface area contributed by atoms with Gasteiger partial charge in [0.1, 0.15) is 5.92 Å². The highest BCUT2D eigenvalue weighted by atomic mass is 16.5. The zero-order valence-corrected chi connectivity index (χ0v) is 25.8. The Kier molecular flexibility index (Phi) is 10.7. The van der Waals surface area contributed by atoms with E-state index in [2.05, 4.69) is 20.7 Å². The van der Waals surface area contributed by atoms with Crippen LogP contribution >= 0.6 is 0 Å². The van der Waals surface area contributed by atoms with Crippen molar-refractivity contribution in [2.45, 2.75) is 44.4 Å². The topological polar surface area (TPSA) is 114 Å². The molecule has 8 heteroatoms. The Hall–Kier alpha value is -5.50. The first kappa shape index (κ1) is 31.9. The summed E-state index contributed by atoms with van der Waals surface area (Å²) in [5, 5.41) is 12.5. The smallest absolute Gasteiger partial charge is 0.305 e. The normalized spacial score (nSPS) is 10.9. The highest BCUT2D eigenvalue weighted by Gasteiger charge is 2.29. The van der Waals surface area contributed by atoms with Gasteiger partial charge in [0, 0.05) is 40.7 Å². The molecule has 8 nitrogen and oxygen atoms in total. The molecule has 46 heavy (non-hydrogen) atoms. The molecule has 5 rings (SSSR count). The summed E-state index contributed by atoms with van der Waals surface area (Å²) in [6.45, 7) is 0. The number of ether oxygens (including phenoxy) is 1. The lowest BCUT2D eigenvalue weighted by molar-refractivity contribution is -0.140. The Bertz CT molecular complexity index is 1750. The van der Waals surface area contributed by atoms with Gasteiger partial charge in [-0.05, 0) is 53.4 Å². The van der Waals surface area contributed by atoms with Crippen molar-refractivity contribution in [3.05, 3.63) is 115 Å². The van der Waals surface area contributed by atoms with Gasteiger partial charge in [-0.1, -0.05) is 97.8 Å². The largest absolute Gasteiger partial charge is 0.469 e. The molecular formula is C38H37N3O5. The van der Waals surface area contributed by atoms with E-state index >= 15 is 0 Å². The molecule has 0 atom stereocenters. The van der Waals surface area contributed by atoms with E-state index in [9.17, 15) is 19.2 Å². The molecule has 0 unspecified atom stereocenters. The molecule has 0 aromatic heterocycles. The van der Waals surface area contributed by atoms with Crippen molar-refractivity contribution >= 4 is 62.3 Å². The number of fused-ring (bicyclic) bond motifs is 2.